The Morgan fingerprint density at radius 3 is 2.22 bits per heavy atom. The maximum Gasteiger partial charge on any atom is 0.409 e. The monoisotopic (exact) mass is 323 g/mol. The largest absolute Gasteiger partial charge is 0.453 e. The standard InChI is InChI=1S/C16H22FN3O3/c1-18(2)14(12-6-4-5-7-13(12)17)15(21)19-8-10-20(11-9-19)16(22)23-3/h4-7,14H,8-11H2,1-3H3/t14-/m0/s1. The Morgan fingerprint density at radius 2 is 1.70 bits per heavy atom. The van der Waals surface area contributed by atoms with Gasteiger partial charge in [0.2, 0.25) is 5.91 Å². The highest BCUT2D eigenvalue weighted by atomic mass is 19.1. The normalized spacial score (nSPS) is 16.4. The Labute approximate surface area is 135 Å². The van der Waals surface area contributed by atoms with Gasteiger partial charge in [-0.1, -0.05) is 18.2 Å². The molecule has 1 aromatic rings. The molecule has 2 rings (SSSR count). The number of carbonyl (C=O) groups excluding carboxylic acids is 2. The summed E-state index contributed by atoms with van der Waals surface area (Å²) in [6.45, 7) is 1.64. The number of benzene rings is 1. The van der Waals surface area contributed by atoms with Gasteiger partial charge in [0.25, 0.3) is 0 Å². The van der Waals surface area contributed by atoms with Crippen molar-refractivity contribution in [2.24, 2.45) is 0 Å². The van der Waals surface area contributed by atoms with Crippen LogP contribution in [-0.2, 0) is 9.53 Å². The average Bonchev–Trinajstić information content (AvgIpc) is 2.56. The fourth-order valence-corrected chi connectivity index (χ4v) is 2.74. The molecule has 0 radical (unpaired) electrons. The molecule has 0 saturated carbocycles. The molecule has 2 amide bonds. The highest BCUT2D eigenvalue weighted by molar-refractivity contribution is 5.83. The van der Waals surface area contributed by atoms with Crippen molar-refractivity contribution in [3.63, 3.8) is 0 Å². The van der Waals surface area contributed by atoms with Crippen molar-refractivity contribution in [3.05, 3.63) is 35.6 Å². The lowest BCUT2D eigenvalue weighted by Gasteiger charge is -2.37. The van der Waals surface area contributed by atoms with Crippen LogP contribution in [0.25, 0.3) is 0 Å². The van der Waals surface area contributed by atoms with Gasteiger partial charge in [0.15, 0.2) is 0 Å². The first-order chi connectivity index (χ1) is 11.0. The number of ether oxygens (including phenoxy) is 1. The molecule has 0 aliphatic carbocycles. The Kier molecular flexibility index (Phi) is 5.54. The van der Waals surface area contributed by atoms with Gasteiger partial charge < -0.3 is 14.5 Å². The lowest BCUT2D eigenvalue weighted by atomic mass is 10.0. The lowest BCUT2D eigenvalue weighted by Crippen LogP contribution is -2.52. The summed E-state index contributed by atoms with van der Waals surface area (Å²) in [5, 5.41) is 0. The van der Waals surface area contributed by atoms with E-state index in [1.807, 2.05) is 0 Å². The SMILES string of the molecule is COC(=O)N1CCN(C(=O)[C@H](c2ccccc2F)N(C)C)CC1. The number of hydrogen-bond acceptors (Lipinski definition) is 4. The van der Waals surface area contributed by atoms with E-state index in [0.29, 0.717) is 31.7 Å². The van der Waals surface area contributed by atoms with Gasteiger partial charge in [-0.15, -0.1) is 0 Å². The van der Waals surface area contributed by atoms with Crippen LogP contribution in [0.3, 0.4) is 0 Å². The Bertz CT molecular complexity index is 571. The Morgan fingerprint density at radius 1 is 1.13 bits per heavy atom. The molecule has 126 valence electrons. The second-order valence-corrected chi connectivity index (χ2v) is 5.67. The van der Waals surface area contributed by atoms with Crippen LogP contribution in [0.2, 0.25) is 0 Å². The molecule has 0 spiro atoms. The van der Waals surface area contributed by atoms with Crippen LogP contribution >= 0.6 is 0 Å². The first kappa shape index (κ1) is 17.2. The summed E-state index contributed by atoms with van der Waals surface area (Å²) in [7, 11) is 4.83. The molecule has 1 aliphatic rings. The van der Waals surface area contributed by atoms with Crippen molar-refractivity contribution in [1.29, 1.82) is 0 Å². The van der Waals surface area contributed by atoms with Crippen LogP contribution in [-0.4, -0.2) is 74.1 Å². The van der Waals surface area contributed by atoms with Gasteiger partial charge in [-0.3, -0.25) is 9.69 Å². The minimum absolute atomic E-state index is 0.162. The Hall–Kier alpha value is -2.15. The lowest BCUT2D eigenvalue weighted by molar-refractivity contribution is -0.138. The van der Waals surface area contributed by atoms with Crippen LogP contribution in [0.4, 0.5) is 9.18 Å². The van der Waals surface area contributed by atoms with Gasteiger partial charge in [0, 0.05) is 31.7 Å². The predicted molar refractivity (Wildman–Crippen MR) is 83.4 cm³/mol. The Balaban J connectivity index is 2.12. The van der Waals surface area contributed by atoms with E-state index >= 15 is 0 Å². The molecule has 0 bridgehead atoms. The van der Waals surface area contributed by atoms with E-state index < -0.39 is 18.0 Å². The molecule has 23 heavy (non-hydrogen) atoms. The van der Waals surface area contributed by atoms with E-state index in [4.69, 9.17) is 0 Å². The van der Waals surface area contributed by atoms with Gasteiger partial charge in [0.05, 0.1) is 7.11 Å². The summed E-state index contributed by atoms with van der Waals surface area (Å²) < 4.78 is 18.8. The number of likely N-dealkylation sites (N-methyl/N-ethyl adjacent to an activating group) is 1. The van der Waals surface area contributed by atoms with E-state index in [9.17, 15) is 14.0 Å². The third-order valence-electron chi connectivity index (χ3n) is 3.97. The van der Waals surface area contributed by atoms with E-state index in [1.165, 1.54) is 13.2 Å². The van der Waals surface area contributed by atoms with Crippen molar-refractivity contribution < 1.29 is 18.7 Å². The molecule has 1 heterocycles. The second kappa shape index (κ2) is 7.41. The van der Waals surface area contributed by atoms with Crippen LogP contribution in [0.15, 0.2) is 24.3 Å². The number of amides is 2. The summed E-state index contributed by atoms with van der Waals surface area (Å²) in [5.74, 6) is -0.558. The second-order valence-electron chi connectivity index (χ2n) is 5.67. The van der Waals surface area contributed by atoms with Gasteiger partial charge >= 0.3 is 6.09 Å². The highest BCUT2D eigenvalue weighted by Crippen LogP contribution is 2.24. The molecule has 0 N–H and O–H groups in total. The topological polar surface area (TPSA) is 53.1 Å². The molecule has 1 aliphatic heterocycles. The molecule has 0 unspecified atom stereocenters. The van der Waals surface area contributed by atoms with E-state index in [-0.39, 0.29) is 5.91 Å². The zero-order valence-corrected chi connectivity index (χ0v) is 13.7. The number of methoxy groups -OCH3 is 1. The van der Waals surface area contributed by atoms with Crippen molar-refractivity contribution >= 4 is 12.0 Å². The smallest absolute Gasteiger partial charge is 0.409 e. The molecule has 7 heteroatoms. The first-order valence-corrected chi connectivity index (χ1v) is 7.48. The quantitative estimate of drug-likeness (QED) is 0.842. The van der Waals surface area contributed by atoms with Crippen LogP contribution in [0.1, 0.15) is 11.6 Å². The molecule has 1 aromatic carbocycles. The molecular formula is C16H22FN3O3. The van der Waals surface area contributed by atoms with Crippen LogP contribution in [0.5, 0.6) is 0 Å². The fraction of sp³-hybridized carbons (Fsp3) is 0.500. The number of halogens is 1. The van der Waals surface area contributed by atoms with Crippen molar-refractivity contribution in [2.75, 3.05) is 47.4 Å². The van der Waals surface area contributed by atoms with Crippen molar-refractivity contribution in [3.8, 4) is 0 Å². The zero-order valence-electron chi connectivity index (χ0n) is 13.7. The van der Waals surface area contributed by atoms with Gasteiger partial charge in [0.1, 0.15) is 11.9 Å². The summed E-state index contributed by atoms with van der Waals surface area (Å²) >= 11 is 0. The van der Waals surface area contributed by atoms with Gasteiger partial charge in [-0.2, -0.15) is 0 Å². The summed E-state index contributed by atoms with van der Waals surface area (Å²) in [5.41, 5.74) is 0.359. The third kappa shape index (κ3) is 3.79. The van der Waals surface area contributed by atoms with E-state index in [2.05, 4.69) is 4.74 Å². The average molecular weight is 323 g/mol. The number of piperazine rings is 1. The highest BCUT2D eigenvalue weighted by Gasteiger charge is 2.32. The molecule has 1 fully saturated rings. The predicted octanol–water partition coefficient (Wildman–Crippen LogP) is 1.34. The van der Waals surface area contributed by atoms with Crippen LogP contribution < -0.4 is 0 Å². The van der Waals surface area contributed by atoms with Gasteiger partial charge in [-0.05, 0) is 20.2 Å². The molecule has 1 atom stereocenters. The van der Waals surface area contributed by atoms with Gasteiger partial charge in [-0.25, -0.2) is 9.18 Å². The fourth-order valence-electron chi connectivity index (χ4n) is 2.74. The maximum atomic E-state index is 14.1. The van der Waals surface area contributed by atoms with E-state index in [1.54, 1.807) is 47.0 Å². The van der Waals surface area contributed by atoms with Crippen molar-refractivity contribution in [2.45, 2.75) is 6.04 Å². The van der Waals surface area contributed by atoms with Crippen molar-refractivity contribution in [1.82, 2.24) is 14.7 Å². The van der Waals surface area contributed by atoms with E-state index in [0.717, 1.165) is 0 Å². The summed E-state index contributed by atoms with van der Waals surface area (Å²) in [6, 6.07) is 5.63. The summed E-state index contributed by atoms with van der Waals surface area (Å²) in [6.07, 6.45) is -0.393. The minimum Gasteiger partial charge on any atom is -0.453 e. The molecule has 1 saturated heterocycles. The number of hydrogen-bond donors (Lipinski definition) is 0. The summed E-state index contributed by atoms with van der Waals surface area (Å²) in [4.78, 5) is 29.2. The maximum absolute atomic E-state index is 14.1. The molecule has 6 nitrogen and oxygen atoms in total. The number of carbonyl (C=O) groups is 2. The molecule has 0 aromatic heterocycles. The zero-order chi connectivity index (χ0) is 17.0. The van der Waals surface area contributed by atoms with Crippen LogP contribution in [0, 0.1) is 5.82 Å². The first-order valence-electron chi connectivity index (χ1n) is 7.48. The molecular weight excluding hydrogens is 301 g/mol. The minimum atomic E-state index is -0.680. The number of nitrogens with zero attached hydrogens (tertiary/aromatic N) is 3. The number of rotatable bonds is 3. The third-order valence-corrected chi connectivity index (χ3v) is 3.97.